The Balaban J connectivity index is 1.91. The molecule has 0 aromatic heterocycles. The van der Waals surface area contributed by atoms with Gasteiger partial charge in [0.25, 0.3) is 0 Å². The normalized spacial score (nSPS) is 9.91. The molecule has 2 aromatic carbocycles. The Morgan fingerprint density at radius 2 is 1.59 bits per heavy atom. The van der Waals surface area contributed by atoms with E-state index in [9.17, 15) is 9.59 Å². The second-order valence-electron chi connectivity index (χ2n) is 4.84. The Kier molecular flexibility index (Phi) is 5.14. The van der Waals surface area contributed by atoms with Crippen LogP contribution in [0.3, 0.4) is 0 Å². The van der Waals surface area contributed by atoms with E-state index < -0.39 is 5.91 Å². The van der Waals surface area contributed by atoms with Gasteiger partial charge in [0, 0.05) is 5.69 Å². The van der Waals surface area contributed by atoms with Gasteiger partial charge in [0.15, 0.2) is 0 Å². The largest absolute Gasteiger partial charge is 0.495 e. The molecular weight excluding hydrogens is 280 g/mol. The van der Waals surface area contributed by atoms with Crippen molar-refractivity contribution >= 4 is 23.2 Å². The standard InChI is InChI=1S/C17H18N2O3/c1-12-7-9-13(10-8-12)18-16(20)11-17(21)19-14-5-3-4-6-15(14)22-2/h3-10H,11H2,1-2H3,(H,18,20)(H,19,21). The summed E-state index contributed by atoms with van der Waals surface area (Å²) in [6.07, 6.45) is -0.258. The number of hydrogen-bond acceptors (Lipinski definition) is 3. The van der Waals surface area contributed by atoms with Crippen LogP contribution in [-0.4, -0.2) is 18.9 Å². The highest BCUT2D eigenvalue weighted by Gasteiger charge is 2.12. The third kappa shape index (κ3) is 4.34. The van der Waals surface area contributed by atoms with Crippen molar-refractivity contribution in [2.75, 3.05) is 17.7 Å². The highest BCUT2D eigenvalue weighted by Crippen LogP contribution is 2.23. The molecule has 0 fully saturated rings. The molecule has 5 nitrogen and oxygen atoms in total. The summed E-state index contributed by atoms with van der Waals surface area (Å²) in [5, 5.41) is 5.35. The lowest BCUT2D eigenvalue weighted by Crippen LogP contribution is -2.21. The van der Waals surface area contributed by atoms with Crippen molar-refractivity contribution in [1.29, 1.82) is 0 Å². The van der Waals surface area contributed by atoms with Gasteiger partial charge >= 0.3 is 0 Å². The van der Waals surface area contributed by atoms with E-state index in [-0.39, 0.29) is 12.3 Å². The molecule has 0 unspecified atom stereocenters. The molecule has 5 heteroatoms. The van der Waals surface area contributed by atoms with Crippen molar-refractivity contribution in [2.45, 2.75) is 13.3 Å². The van der Waals surface area contributed by atoms with Gasteiger partial charge in [-0.25, -0.2) is 0 Å². The summed E-state index contributed by atoms with van der Waals surface area (Å²) in [7, 11) is 1.52. The summed E-state index contributed by atoms with van der Waals surface area (Å²) >= 11 is 0. The molecule has 0 atom stereocenters. The molecule has 2 amide bonds. The summed E-state index contributed by atoms with van der Waals surface area (Å²) in [5.41, 5.74) is 2.31. The molecule has 0 saturated heterocycles. The van der Waals surface area contributed by atoms with Crippen LogP contribution in [0.4, 0.5) is 11.4 Å². The van der Waals surface area contributed by atoms with Crippen LogP contribution in [0.25, 0.3) is 0 Å². The van der Waals surface area contributed by atoms with Crippen molar-refractivity contribution in [3.05, 3.63) is 54.1 Å². The first-order valence-corrected chi connectivity index (χ1v) is 6.88. The average molecular weight is 298 g/mol. The van der Waals surface area contributed by atoms with Crippen molar-refractivity contribution in [1.82, 2.24) is 0 Å². The van der Waals surface area contributed by atoms with Gasteiger partial charge in [-0.2, -0.15) is 0 Å². The predicted octanol–water partition coefficient (Wildman–Crippen LogP) is 2.97. The van der Waals surface area contributed by atoms with Gasteiger partial charge in [0.2, 0.25) is 11.8 Å². The van der Waals surface area contributed by atoms with Crippen molar-refractivity contribution in [2.24, 2.45) is 0 Å². The summed E-state index contributed by atoms with van der Waals surface area (Å²) in [6, 6.07) is 14.4. The molecule has 114 valence electrons. The number of aryl methyl sites for hydroxylation is 1. The average Bonchev–Trinajstić information content (AvgIpc) is 2.50. The van der Waals surface area contributed by atoms with Crippen LogP contribution < -0.4 is 15.4 Å². The van der Waals surface area contributed by atoms with Crippen LogP contribution >= 0.6 is 0 Å². The summed E-state index contributed by atoms with van der Waals surface area (Å²) in [6.45, 7) is 1.96. The number of anilines is 2. The Bertz CT molecular complexity index is 666. The molecule has 0 spiro atoms. The van der Waals surface area contributed by atoms with E-state index in [1.165, 1.54) is 7.11 Å². The van der Waals surface area contributed by atoms with Crippen molar-refractivity contribution < 1.29 is 14.3 Å². The summed E-state index contributed by atoms with van der Waals surface area (Å²) in [5.74, 6) is -0.208. The fourth-order valence-corrected chi connectivity index (χ4v) is 1.93. The van der Waals surface area contributed by atoms with Gasteiger partial charge in [0.05, 0.1) is 12.8 Å². The lowest BCUT2D eigenvalue weighted by Gasteiger charge is -2.10. The molecule has 0 aliphatic carbocycles. The Morgan fingerprint density at radius 3 is 2.27 bits per heavy atom. The monoisotopic (exact) mass is 298 g/mol. The first-order valence-electron chi connectivity index (χ1n) is 6.88. The van der Waals surface area contributed by atoms with E-state index in [1.54, 1.807) is 36.4 Å². The Hall–Kier alpha value is -2.82. The summed E-state index contributed by atoms with van der Waals surface area (Å²) < 4.78 is 5.14. The molecule has 2 N–H and O–H groups in total. The Morgan fingerprint density at radius 1 is 0.955 bits per heavy atom. The van der Waals surface area contributed by atoms with Crippen molar-refractivity contribution in [3.8, 4) is 5.75 Å². The fraction of sp³-hybridized carbons (Fsp3) is 0.176. The quantitative estimate of drug-likeness (QED) is 0.834. The molecule has 0 radical (unpaired) electrons. The van der Waals surface area contributed by atoms with Crippen LogP contribution in [-0.2, 0) is 9.59 Å². The second kappa shape index (κ2) is 7.26. The zero-order valence-electron chi connectivity index (χ0n) is 12.6. The first-order chi connectivity index (χ1) is 10.6. The molecule has 2 rings (SSSR count). The maximum atomic E-state index is 11.9. The molecule has 0 heterocycles. The SMILES string of the molecule is COc1ccccc1NC(=O)CC(=O)Nc1ccc(C)cc1. The smallest absolute Gasteiger partial charge is 0.233 e. The van der Waals surface area contributed by atoms with E-state index in [0.29, 0.717) is 17.1 Å². The van der Waals surface area contributed by atoms with Gasteiger partial charge < -0.3 is 15.4 Å². The molecular formula is C17H18N2O3. The minimum Gasteiger partial charge on any atom is -0.495 e. The molecule has 0 aliphatic rings. The third-order valence-corrected chi connectivity index (χ3v) is 3.04. The van der Waals surface area contributed by atoms with Crippen molar-refractivity contribution in [3.63, 3.8) is 0 Å². The number of carbonyl (C=O) groups excluding carboxylic acids is 2. The molecule has 22 heavy (non-hydrogen) atoms. The molecule has 2 aromatic rings. The van der Waals surface area contributed by atoms with Crippen LogP contribution in [0.5, 0.6) is 5.75 Å². The fourth-order valence-electron chi connectivity index (χ4n) is 1.93. The zero-order chi connectivity index (χ0) is 15.9. The third-order valence-electron chi connectivity index (χ3n) is 3.04. The van der Waals surface area contributed by atoms with E-state index in [0.717, 1.165) is 5.56 Å². The Labute approximate surface area is 129 Å². The topological polar surface area (TPSA) is 67.4 Å². The van der Waals surface area contributed by atoms with E-state index in [1.807, 2.05) is 19.1 Å². The first kappa shape index (κ1) is 15.6. The highest BCUT2D eigenvalue weighted by atomic mass is 16.5. The van der Waals surface area contributed by atoms with Crippen LogP contribution in [0.1, 0.15) is 12.0 Å². The number of benzene rings is 2. The van der Waals surface area contributed by atoms with Crippen LogP contribution in [0.15, 0.2) is 48.5 Å². The number of carbonyl (C=O) groups is 2. The number of rotatable bonds is 5. The highest BCUT2D eigenvalue weighted by molar-refractivity contribution is 6.08. The van der Waals surface area contributed by atoms with Crippen LogP contribution in [0.2, 0.25) is 0 Å². The van der Waals surface area contributed by atoms with Gasteiger partial charge in [0.1, 0.15) is 12.2 Å². The van der Waals surface area contributed by atoms with Gasteiger partial charge in [-0.05, 0) is 31.2 Å². The van der Waals surface area contributed by atoms with Gasteiger partial charge in [-0.15, -0.1) is 0 Å². The maximum absolute atomic E-state index is 11.9. The number of hydrogen-bond donors (Lipinski definition) is 2. The molecule has 0 aliphatic heterocycles. The number of para-hydroxylation sites is 2. The van der Waals surface area contributed by atoms with E-state index >= 15 is 0 Å². The lowest BCUT2D eigenvalue weighted by atomic mass is 10.2. The van der Waals surface area contributed by atoms with Gasteiger partial charge in [-0.1, -0.05) is 29.8 Å². The maximum Gasteiger partial charge on any atom is 0.233 e. The zero-order valence-corrected chi connectivity index (χ0v) is 12.6. The minimum atomic E-state index is -0.394. The van der Waals surface area contributed by atoms with E-state index in [4.69, 9.17) is 4.74 Å². The predicted molar refractivity (Wildman–Crippen MR) is 86.0 cm³/mol. The lowest BCUT2D eigenvalue weighted by molar-refractivity contribution is -0.123. The molecule has 0 bridgehead atoms. The minimum absolute atomic E-state index is 0.258. The van der Waals surface area contributed by atoms with Crippen LogP contribution in [0, 0.1) is 6.92 Å². The summed E-state index contributed by atoms with van der Waals surface area (Å²) in [4.78, 5) is 23.8. The van der Waals surface area contributed by atoms with Gasteiger partial charge in [-0.3, -0.25) is 9.59 Å². The van der Waals surface area contributed by atoms with E-state index in [2.05, 4.69) is 10.6 Å². The molecule has 0 saturated carbocycles. The number of amides is 2. The number of methoxy groups -OCH3 is 1. The second-order valence-corrected chi connectivity index (χ2v) is 4.84. The number of nitrogens with one attached hydrogen (secondary N) is 2. The number of ether oxygens (including phenoxy) is 1.